The first kappa shape index (κ1) is 15.9. The summed E-state index contributed by atoms with van der Waals surface area (Å²) in [5.41, 5.74) is 5.79. The predicted octanol–water partition coefficient (Wildman–Crippen LogP) is 1.40. The van der Waals surface area contributed by atoms with Crippen LogP contribution in [0.1, 0.15) is 16.4 Å². The molecule has 1 amide bonds. The van der Waals surface area contributed by atoms with Crippen molar-refractivity contribution < 1.29 is 18.0 Å². The molecular weight excluding hydrogens is 302 g/mol. The summed E-state index contributed by atoms with van der Waals surface area (Å²) < 4.78 is 25.2. The first-order valence-electron chi connectivity index (χ1n) is 6.56. The van der Waals surface area contributed by atoms with E-state index in [1.54, 1.807) is 48.5 Å². The Balaban J connectivity index is 2.44. The van der Waals surface area contributed by atoms with Crippen LogP contribution in [0, 0.1) is 0 Å². The molecule has 114 valence electrons. The molecule has 1 unspecified atom stereocenters. The molecule has 0 aliphatic rings. The molecule has 0 saturated carbocycles. The van der Waals surface area contributed by atoms with Crippen LogP contribution >= 0.6 is 0 Å². The Morgan fingerprint density at radius 3 is 1.91 bits per heavy atom. The number of carbonyl (C=O) groups excluding carboxylic acids is 2. The SMILES string of the molecule is NC(=O)C(=O)C(c1ccccc1)S(=O)(=O)Cc1ccccc1. The maximum atomic E-state index is 12.6. The third kappa shape index (κ3) is 3.59. The minimum Gasteiger partial charge on any atom is -0.363 e. The lowest BCUT2D eigenvalue weighted by Crippen LogP contribution is -2.33. The lowest BCUT2D eigenvalue weighted by Gasteiger charge is -2.15. The molecule has 0 fully saturated rings. The minimum atomic E-state index is -3.92. The monoisotopic (exact) mass is 317 g/mol. The van der Waals surface area contributed by atoms with Crippen LogP contribution in [0.2, 0.25) is 0 Å². The van der Waals surface area contributed by atoms with Gasteiger partial charge in [0.2, 0.25) is 5.78 Å². The number of ketones is 1. The van der Waals surface area contributed by atoms with Gasteiger partial charge in [0.1, 0.15) is 0 Å². The Labute approximate surface area is 128 Å². The maximum Gasteiger partial charge on any atom is 0.286 e. The molecule has 0 radical (unpaired) electrons. The number of hydrogen-bond acceptors (Lipinski definition) is 4. The molecule has 6 heteroatoms. The third-order valence-corrected chi connectivity index (χ3v) is 5.09. The van der Waals surface area contributed by atoms with Crippen LogP contribution in [0.25, 0.3) is 0 Å². The van der Waals surface area contributed by atoms with Crippen molar-refractivity contribution in [1.29, 1.82) is 0 Å². The second kappa shape index (κ2) is 6.53. The number of hydrogen-bond donors (Lipinski definition) is 1. The van der Waals surface area contributed by atoms with Crippen LogP contribution in [0.3, 0.4) is 0 Å². The topological polar surface area (TPSA) is 94.3 Å². The summed E-state index contributed by atoms with van der Waals surface area (Å²) >= 11 is 0. The van der Waals surface area contributed by atoms with Crippen LogP contribution in [0.4, 0.5) is 0 Å². The van der Waals surface area contributed by atoms with Gasteiger partial charge in [-0.05, 0) is 11.1 Å². The van der Waals surface area contributed by atoms with E-state index < -0.39 is 26.8 Å². The fraction of sp³-hybridized carbons (Fsp3) is 0.125. The summed E-state index contributed by atoms with van der Waals surface area (Å²) in [7, 11) is -3.92. The summed E-state index contributed by atoms with van der Waals surface area (Å²) in [6.45, 7) is 0. The second-order valence-corrected chi connectivity index (χ2v) is 6.90. The van der Waals surface area contributed by atoms with E-state index in [0.29, 0.717) is 5.56 Å². The maximum absolute atomic E-state index is 12.6. The Kier molecular flexibility index (Phi) is 4.72. The molecule has 0 aliphatic heterocycles. The van der Waals surface area contributed by atoms with Crippen molar-refractivity contribution in [2.24, 2.45) is 5.73 Å². The van der Waals surface area contributed by atoms with Gasteiger partial charge in [0.25, 0.3) is 5.91 Å². The van der Waals surface area contributed by atoms with Crippen molar-refractivity contribution in [3.8, 4) is 0 Å². The van der Waals surface area contributed by atoms with Crippen LogP contribution < -0.4 is 5.73 Å². The average molecular weight is 317 g/mol. The summed E-state index contributed by atoms with van der Waals surface area (Å²) in [6.07, 6.45) is 0. The largest absolute Gasteiger partial charge is 0.363 e. The summed E-state index contributed by atoms with van der Waals surface area (Å²) in [5.74, 6) is -2.72. The molecule has 0 aromatic heterocycles. The molecule has 5 nitrogen and oxygen atoms in total. The molecule has 0 aliphatic carbocycles. The highest BCUT2D eigenvalue weighted by atomic mass is 32.2. The van der Waals surface area contributed by atoms with Gasteiger partial charge in [-0.1, -0.05) is 60.7 Å². The van der Waals surface area contributed by atoms with Gasteiger partial charge >= 0.3 is 0 Å². The molecule has 0 saturated heterocycles. The third-order valence-electron chi connectivity index (χ3n) is 3.15. The van der Waals surface area contributed by atoms with E-state index in [1.165, 1.54) is 12.1 Å². The zero-order chi connectivity index (χ0) is 16.2. The zero-order valence-electron chi connectivity index (χ0n) is 11.7. The van der Waals surface area contributed by atoms with Gasteiger partial charge in [-0.2, -0.15) is 0 Å². The standard InChI is InChI=1S/C16H15NO4S/c17-16(19)14(18)15(13-9-5-2-6-10-13)22(20,21)11-12-7-3-1-4-8-12/h1-10,15H,11H2,(H2,17,19). The van der Waals surface area contributed by atoms with E-state index in [9.17, 15) is 18.0 Å². The van der Waals surface area contributed by atoms with Crippen molar-refractivity contribution in [3.05, 3.63) is 71.8 Å². The van der Waals surface area contributed by atoms with E-state index in [0.717, 1.165) is 0 Å². The van der Waals surface area contributed by atoms with E-state index in [4.69, 9.17) is 5.73 Å². The quantitative estimate of drug-likeness (QED) is 0.815. The Morgan fingerprint density at radius 2 is 1.41 bits per heavy atom. The molecule has 22 heavy (non-hydrogen) atoms. The Hall–Kier alpha value is -2.47. The smallest absolute Gasteiger partial charge is 0.286 e. The van der Waals surface area contributed by atoms with Crippen LogP contribution in [-0.2, 0) is 25.2 Å². The number of carbonyl (C=O) groups is 2. The minimum absolute atomic E-state index is 0.238. The normalized spacial score (nSPS) is 12.5. The molecule has 0 spiro atoms. The predicted molar refractivity (Wildman–Crippen MR) is 82.5 cm³/mol. The van der Waals surface area contributed by atoms with Crippen molar-refractivity contribution in [2.45, 2.75) is 11.0 Å². The van der Waals surface area contributed by atoms with Gasteiger partial charge in [-0.25, -0.2) is 8.42 Å². The highest BCUT2D eigenvalue weighted by Gasteiger charge is 2.36. The van der Waals surface area contributed by atoms with E-state index in [1.807, 2.05) is 0 Å². The van der Waals surface area contributed by atoms with Crippen molar-refractivity contribution >= 4 is 21.5 Å². The number of primary amides is 1. The van der Waals surface area contributed by atoms with Gasteiger partial charge in [0.15, 0.2) is 15.1 Å². The van der Waals surface area contributed by atoms with E-state index >= 15 is 0 Å². The van der Waals surface area contributed by atoms with Gasteiger partial charge in [0, 0.05) is 0 Å². The van der Waals surface area contributed by atoms with Gasteiger partial charge < -0.3 is 5.73 Å². The van der Waals surface area contributed by atoms with E-state index in [-0.39, 0.29) is 11.3 Å². The van der Waals surface area contributed by atoms with E-state index in [2.05, 4.69) is 0 Å². The van der Waals surface area contributed by atoms with Gasteiger partial charge in [-0.3, -0.25) is 9.59 Å². The summed E-state index contributed by atoms with van der Waals surface area (Å²) in [4.78, 5) is 23.2. The summed E-state index contributed by atoms with van der Waals surface area (Å²) in [6, 6.07) is 16.4. The summed E-state index contributed by atoms with van der Waals surface area (Å²) in [5, 5.41) is -1.58. The Morgan fingerprint density at radius 1 is 0.909 bits per heavy atom. The highest BCUT2D eigenvalue weighted by molar-refractivity contribution is 7.91. The molecule has 0 heterocycles. The highest BCUT2D eigenvalue weighted by Crippen LogP contribution is 2.26. The lowest BCUT2D eigenvalue weighted by atomic mass is 10.1. The molecular formula is C16H15NO4S. The van der Waals surface area contributed by atoms with Crippen LogP contribution in [0.5, 0.6) is 0 Å². The number of sulfone groups is 1. The van der Waals surface area contributed by atoms with Crippen molar-refractivity contribution in [3.63, 3.8) is 0 Å². The fourth-order valence-electron chi connectivity index (χ4n) is 2.17. The molecule has 2 aromatic carbocycles. The van der Waals surface area contributed by atoms with Crippen LogP contribution in [-0.4, -0.2) is 20.1 Å². The number of benzene rings is 2. The lowest BCUT2D eigenvalue weighted by molar-refractivity contribution is -0.135. The second-order valence-electron chi connectivity index (χ2n) is 4.81. The van der Waals surface area contributed by atoms with Gasteiger partial charge in [0.05, 0.1) is 5.75 Å². The fourth-order valence-corrected chi connectivity index (χ4v) is 4.01. The molecule has 1 atom stereocenters. The zero-order valence-corrected chi connectivity index (χ0v) is 12.5. The number of nitrogens with two attached hydrogens (primary N) is 1. The average Bonchev–Trinajstić information content (AvgIpc) is 2.48. The number of Topliss-reactive ketones (excluding diaryl/α,β-unsaturated/α-hetero) is 1. The molecule has 0 bridgehead atoms. The number of amides is 1. The molecule has 2 N–H and O–H groups in total. The van der Waals surface area contributed by atoms with Gasteiger partial charge in [-0.15, -0.1) is 0 Å². The first-order valence-corrected chi connectivity index (χ1v) is 8.27. The van der Waals surface area contributed by atoms with Crippen LogP contribution in [0.15, 0.2) is 60.7 Å². The van der Waals surface area contributed by atoms with Crippen molar-refractivity contribution in [2.75, 3.05) is 0 Å². The Bertz CT molecular complexity index is 770. The van der Waals surface area contributed by atoms with Crippen molar-refractivity contribution in [1.82, 2.24) is 0 Å². The molecule has 2 aromatic rings. The number of rotatable bonds is 6. The first-order chi connectivity index (χ1) is 10.4. The molecule has 2 rings (SSSR count).